The average Bonchev–Trinajstić information content (AvgIpc) is 2.52. The lowest BCUT2D eigenvalue weighted by Gasteiger charge is -2.14. The maximum absolute atomic E-state index is 13.2. The van der Waals surface area contributed by atoms with Crippen molar-refractivity contribution in [2.75, 3.05) is 6.61 Å². The Balaban J connectivity index is 2.26. The summed E-state index contributed by atoms with van der Waals surface area (Å²) in [6.07, 6.45) is 2.99. The van der Waals surface area contributed by atoms with Gasteiger partial charge in [0, 0.05) is 6.08 Å². The van der Waals surface area contributed by atoms with Gasteiger partial charge in [-0.15, -0.1) is 0 Å². The highest BCUT2D eigenvalue weighted by Crippen LogP contribution is 2.37. The van der Waals surface area contributed by atoms with Gasteiger partial charge in [-0.25, -0.2) is 4.39 Å². The van der Waals surface area contributed by atoms with Crippen molar-refractivity contribution < 1.29 is 13.9 Å². The van der Waals surface area contributed by atoms with Gasteiger partial charge in [0.2, 0.25) is 0 Å². The molecule has 5 heteroatoms. The first-order chi connectivity index (χ1) is 11.1. The Bertz CT molecular complexity index is 753. The molecule has 2 rings (SSSR count). The molecule has 3 nitrogen and oxygen atoms in total. The Labute approximate surface area is 139 Å². The third-order valence-electron chi connectivity index (χ3n) is 2.95. The fourth-order valence-corrected chi connectivity index (χ4v) is 2.28. The molecule has 2 aromatic carbocycles. The van der Waals surface area contributed by atoms with Gasteiger partial charge in [0.25, 0.3) is 0 Å². The summed E-state index contributed by atoms with van der Waals surface area (Å²) in [6.45, 7) is 2.46. The number of hydrogen-bond acceptors (Lipinski definition) is 3. The second-order valence-corrected chi connectivity index (χ2v) is 5.05. The molecule has 0 aromatic heterocycles. The van der Waals surface area contributed by atoms with Gasteiger partial charge in [0.15, 0.2) is 11.5 Å². The van der Waals surface area contributed by atoms with E-state index in [1.54, 1.807) is 30.3 Å². The third-order valence-corrected chi connectivity index (χ3v) is 3.23. The number of halogens is 2. The van der Waals surface area contributed by atoms with Gasteiger partial charge < -0.3 is 9.47 Å². The molecule has 0 saturated carbocycles. The smallest absolute Gasteiger partial charge is 0.180 e. The third kappa shape index (κ3) is 4.73. The van der Waals surface area contributed by atoms with Crippen molar-refractivity contribution in [2.24, 2.45) is 0 Å². The van der Waals surface area contributed by atoms with Crippen LogP contribution < -0.4 is 9.47 Å². The van der Waals surface area contributed by atoms with Gasteiger partial charge in [-0.2, -0.15) is 5.26 Å². The van der Waals surface area contributed by atoms with Crippen LogP contribution >= 0.6 is 11.6 Å². The van der Waals surface area contributed by atoms with Crippen LogP contribution in [0.3, 0.4) is 0 Å². The van der Waals surface area contributed by atoms with E-state index >= 15 is 0 Å². The summed E-state index contributed by atoms with van der Waals surface area (Å²) in [5.41, 5.74) is 1.43. The Morgan fingerprint density at radius 1 is 1.26 bits per heavy atom. The number of hydrogen-bond donors (Lipinski definition) is 0. The van der Waals surface area contributed by atoms with Crippen molar-refractivity contribution in [1.29, 1.82) is 5.26 Å². The fraction of sp³-hybridized carbons (Fsp3) is 0.167. The molecule has 0 aliphatic rings. The quantitative estimate of drug-likeness (QED) is 0.700. The van der Waals surface area contributed by atoms with Crippen molar-refractivity contribution in [3.8, 4) is 17.6 Å². The fourth-order valence-electron chi connectivity index (χ4n) is 2.00. The van der Waals surface area contributed by atoms with E-state index in [1.807, 2.05) is 13.0 Å². The SMILES string of the molecule is CCOc1cc(/C=C/C#N)cc(Cl)c1OCc1cccc(F)c1. The molecule has 0 aliphatic heterocycles. The zero-order valence-corrected chi connectivity index (χ0v) is 13.3. The van der Waals surface area contributed by atoms with Crippen LogP contribution in [0.1, 0.15) is 18.1 Å². The number of nitrogens with zero attached hydrogens (tertiary/aromatic N) is 1. The zero-order valence-electron chi connectivity index (χ0n) is 12.6. The molecule has 0 heterocycles. The molecule has 0 aliphatic carbocycles. The first-order valence-corrected chi connectivity index (χ1v) is 7.41. The minimum absolute atomic E-state index is 0.172. The topological polar surface area (TPSA) is 42.2 Å². The Kier molecular flexibility index (Phi) is 6.02. The van der Waals surface area contributed by atoms with E-state index in [4.69, 9.17) is 26.3 Å². The van der Waals surface area contributed by atoms with Gasteiger partial charge in [-0.05, 0) is 48.4 Å². The van der Waals surface area contributed by atoms with Crippen molar-refractivity contribution >= 4 is 17.7 Å². The van der Waals surface area contributed by atoms with E-state index in [2.05, 4.69) is 0 Å². The van der Waals surface area contributed by atoms with Gasteiger partial charge in [0.1, 0.15) is 12.4 Å². The molecule has 0 unspecified atom stereocenters. The predicted molar refractivity (Wildman–Crippen MR) is 88.0 cm³/mol. The Hall–Kier alpha value is -2.51. The summed E-state index contributed by atoms with van der Waals surface area (Å²) in [6, 6.07) is 11.5. The van der Waals surface area contributed by atoms with E-state index < -0.39 is 0 Å². The van der Waals surface area contributed by atoms with Crippen molar-refractivity contribution in [2.45, 2.75) is 13.5 Å². The molecule has 0 atom stereocenters. The summed E-state index contributed by atoms with van der Waals surface area (Å²) in [5.74, 6) is 0.556. The van der Waals surface area contributed by atoms with Crippen LogP contribution in [0.2, 0.25) is 5.02 Å². The van der Waals surface area contributed by atoms with Crippen LogP contribution in [-0.2, 0) is 6.61 Å². The molecule has 0 saturated heterocycles. The molecule has 2 aromatic rings. The highest BCUT2D eigenvalue weighted by atomic mass is 35.5. The molecule has 23 heavy (non-hydrogen) atoms. The highest BCUT2D eigenvalue weighted by Gasteiger charge is 2.12. The van der Waals surface area contributed by atoms with Crippen LogP contribution in [0.5, 0.6) is 11.5 Å². The summed E-state index contributed by atoms with van der Waals surface area (Å²) < 4.78 is 24.5. The summed E-state index contributed by atoms with van der Waals surface area (Å²) in [7, 11) is 0. The number of allylic oxidation sites excluding steroid dienone is 1. The first-order valence-electron chi connectivity index (χ1n) is 7.03. The van der Waals surface area contributed by atoms with Gasteiger partial charge in [-0.1, -0.05) is 23.7 Å². The number of nitriles is 1. The standard InChI is InChI=1S/C18H15ClFNO2/c1-2-22-17-11-13(6-4-8-21)10-16(19)18(17)23-12-14-5-3-7-15(20)9-14/h3-7,9-11H,2,12H2,1H3/b6-4+. The van der Waals surface area contributed by atoms with E-state index in [9.17, 15) is 4.39 Å². The minimum Gasteiger partial charge on any atom is -0.490 e. The second kappa shape index (κ2) is 8.21. The maximum atomic E-state index is 13.2. The van der Waals surface area contributed by atoms with Crippen molar-refractivity contribution in [3.05, 3.63) is 64.4 Å². The molecular formula is C18H15ClFNO2. The second-order valence-electron chi connectivity index (χ2n) is 4.64. The van der Waals surface area contributed by atoms with Gasteiger partial charge in [-0.3, -0.25) is 0 Å². The molecule has 0 bridgehead atoms. The largest absolute Gasteiger partial charge is 0.490 e. The normalized spacial score (nSPS) is 10.5. The van der Waals surface area contributed by atoms with Crippen molar-refractivity contribution in [3.63, 3.8) is 0 Å². The van der Waals surface area contributed by atoms with Gasteiger partial charge in [0.05, 0.1) is 17.7 Å². The monoisotopic (exact) mass is 331 g/mol. The average molecular weight is 332 g/mol. The zero-order chi connectivity index (χ0) is 16.7. The molecular weight excluding hydrogens is 317 g/mol. The molecule has 0 N–H and O–H groups in total. The summed E-state index contributed by atoms with van der Waals surface area (Å²) in [4.78, 5) is 0. The Morgan fingerprint density at radius 2 is 2.09 bits per heavy atom. The lowest BCUT2D eigenvalue weighted by atomic mass is 10.2. The highest BCUT2D eigenvalue weighted by molar-refractivity contribution is 6.32. The molecule has 0 spiro atoms. The van der Waals surface area contributed by atoms with Crippen LogP contribution in [-0.4, -0.2) is 6.61 Å². The lowest BCUT2D eigenvalue weighted by Crippen LogP contribution is -2.01. The number of ether oxygens (including phenoxy) is 2. The van der Waals surface area contributed by atoms with E-state index in [1.165, 1.54) is 18.2 Å². The summed E-state index contributed by atoms with van der Waals surface area (Å²) >= 11 is 6.25. The number of rotatable bonds is 6. The van der Waals surface area contributed by atoms with E-state index in [-0.39, 0.29) is 12.4 Å². The van der Waals surface area contributed by atoms with Crippen LogP contribution in [0.15, 0.2) is 42.5 Å². The number of benzene rings is 2. The summed E-state index contributed by atoms with van der Waals surface area (Å²) in [5, 5.41) is 8.97. The van der Waals surface area contributed by atoms with Crippen LogP contribution in [0.4, 0.5) is 4.39 Å². The minimum atomic E-state index is -0.320. The predicted octanol–water partition coefficient (Wildman–Crippen LogP) is 4.99. The molecule has 0 fully saturated rings. The van der Waals surface area contributed by atoms with E-state index in [0.717, 1.165) is 5.56 Å². The van der Waals surface area contributed by atoms with Crippen LogP contribution in [0, 0.1) is 17.1 Å². The molecule has 0 amide bonds. The Morgan fingerprint density at radius 3 is 2.78 bits per heavy atom. The van der Waals surface area contributed by atoms with E-state index in [0.29, 0.717) is 28.7 Å². The van der Waals surface area contributed by atoms with Gasteiger partial charge >= 0.3 is 0 Å². The molecule has 0 radical (unpaired) electrons. The van der Waals surface area contributed by atoms with Crippen molar-refractivity contribution in [1.82, 2.24) is 0 Å². The maximum Gasteiger partial charge on any atom is 0.180 e. The first kappa shape index (κ1) is 16.9. The molecule has 118 valence electrons. The lowest BCUT2D eigenvalue weighted by molar-refractivity contribution is 0.269. The van der Waals surface area contributed by atoms with Crippen LogP contribution in [0.25, 0.3) is 6.08 Å².